The molecular formula is C27H31N5O3S. The molecule has 0 bridgehead atoms. The normalized spacial score (nSPS) is 12.4. The maximum atomic E-state index is 12.3. The number of carbonyl (C=O) groups is 1. The van der Waals surface area contributed by atoms with Crippen LogP contribution in [0, 0.1) is 0 Å². The summed E-state index contributed by atoms with van der Waals surface area (Å²) in [5.74, 6) is 0.505. The molecule has 0 aliphatic carbocycles. The standard InChI is InChI=1S/C27H31N5O3S/c1-6-20(33)16-28-19-9-11-21-23(13-19)36-25(31-21)22-10-7-17(14-29-22)18-8-12-24(30-15-18)32(5)26(34)35-27(2,3)4/h7-15,20,28,33H,6,16H2,1-5H3. The summed E-state index contributed by atoms with van der Waals surface area (Å²) in [6.45, 7) is 7.96. The summed E-state index contributed by atoms with van der Waals surface area (Å²) < 4.78 is 6.45. The van der Waals surface area contributed by atoms with Crippen molar-refractivity contribution in [2.75, 3.05) is 23.8 Å². The van der Waals surface area contributed by atoms with Crippen LogP contribution < -0.4 is 10.2 Å². The molecule has 1 unspecified atom stereocenters. The Morgan fingerprint density at radius 1 is 1.11 bits per heavy atom. The van der Waals surface area contributed by atoms with Crippen LogP contribution in [0.15, 0.2) is 54.9 Å². The zero-order chi connectivity index (χ0) is 25.9. The number of benzene rings is 1. The smallest absolute Gasteiger partial charge is 0.415 e. The molecule has 4 aromatic rings. The van der Waals surface area contributed by atoms with Crippen molar-refractivity contribution in [2.45, 2.75) is 45.8 Å². The molecule has 4 rings (SSSR count). The monoisotopic (exact) mass is 505 g/mol. The van der Waals surface area contributed by atoms with E-state index in [1.807, 2.05) is 58.0 Å². The lowest BCUT2D eigenvalue weighted by molar-refractivity contribution is 0.0588. The molecule has 0 saturated heterocycles. The van der Waals surface area contributed by atoms with Gasteiger partial charge in [-0.15, -0.1) is 11.3 Å². The van der Waals surface area contributed by atoms with Crippen LogP contribution in [0.3, 0.4) is 0 Å². The molecule has 36 heavy (non-hydrogen) atoms. The van der Waals surface area contributed by atoms with Crippen LogP contribution in [0.5, 0.6) is 0 Å². The van der Waals surface area contributed by atoms with Gasteiger partial charge in [0.2, 0.25) is 0 Å². The summed E-state index contributed by atoms with van der Waals surface area (Å²) in [5.41, 5.74) is 3.91. The van der Waals surface area contributed by atoms with E-state index >= 15 is 0 Å². The van der Waals surface area contributed by atoms with Crippen molar-refractivity contribution in [2.24, 2.45) is 0 Å². The Morgan fingerprint density at radius 2 is 1.83 bits per heavy atom. The second-order valence-electron chi connectivity index (χ2n) is 9.52. The number of rotatable bonds is 7. The number of aromatic nitrogens is 3. The van der Waals surface area contributed by atoms with E-state index in [0.29, 0.717) is 18.8 Å². The molecule has 0 aliphatic rings. The van der Waals surface area contributed by atoms with Crippen LogP contribution in [-0.4, -0.2) is 51.4 Å². The molecular weight excluding hydrogens is 474 g/mol. The van der Waals surface area contributed by atoms with Crippen LogP contribution in [0.25, 0.3) is 32.0 Å². The molecule has 1 aromatic carbocycles. The predicted octanol–water partition coefficient (Wildman–Crippen LogP) is 5.97. The number of amides is 1. The quantitative estimate of drug-likeness (QED) is 0.319. The Morgan fingerprint density at radius 3 is 2.44 bits per heavy atom. The molecule has 188 valence electrons. The molecule has 0 aliphatic heterocycles. The third kappa shape index (κ3) is 6.16. The van der Waals surface area contributed by atoms with Gasteiger partial charge >= 0.3 is 6.09 Å². The fourth-order valence-corrected chi connectivity index (χ4v) is 4.38. The van der Waals surface area contributed by atoms with Gasteiger partial charge in [-0.05, 0) is 63.6 Å². The highest BCUT2D eigenvalue weighted by atomic mass is 32.1. The Bertz CT molecular complexity index is 1330. The summed E-state index contributed by atoms with van der Waals surface area (Å²) in [5, 5.41) is 13.9. The lowest BCUT2D eigenvalue weighted by Crippen LogP contribution is -2.34. The molecule has 8 nitrogen and oxygen atoms in total. The average Bonchev–Trinajstić information content (AvgIpc) is 3.29. The van der Waals surface area contributed by atoms with E-state index in [-0.39, 0.29) is 6.10 Å². The molecule has 3 aromatic heterocycles. The first-order valence-electron chi connectivity index (χ1n) is 11.8. The number of nitrogens with one attached hydrogen (secondary N) is 1. The second kappa shape index (κ2) is 10.6. The Labute approximate surface area is 215 Å². The maximum Gasteiger partial charge on any atom is 0.415 e. The van der Waals surface area contributed by atoms with E-state index in [4.69, 9.17) is 9.72 Å². The lowest BCUT2D eigenvalue weighted by atomic mass is 10.1. The number of pyridine rings is 2. The van der Waals surface area contributed by atoms with E-state index in [2.05, 4.69) is 21.4 Å². The lowest BCUT2D eigenvalue weighted by Gasteiger charge is -2.24. The first-order valence-corrected chi connectivity index (χ1v) is 12.7. The number of anilines is 2. The summed E-state index contributed by atoms with van der Waals surface area (Å²) in [6, 6.07) is 13.6. The molecule has 1 amide bonds. The van der Waals surface area contributed by atoms with Gasteiger partial charge in [0.1, 0.15) is 16.4 Å². The maximum absolute atomic E-state index is 12.3. The van der Waals surface area contributed by atoms with Crippen molar-refractivity contribution in [1.82, 2.24) is 15.0 Å². The minimum absolute atomic E-state index is 0.363. The number of nitrogens with zero attached hydrogens (tertiary/aromatic N) is 4. The first kappa shape index (κ1) is 25.5. The van der Waals surface area contributed by atoms with Gasteiger partial charge in [0, 0.05) is 42.8 Å². The molecule has 1 atom stereocenters. The number of hydrogen-bond donors (Lipinski definition) is 2. The second-order valence-corrected chi connectivity index (χ2v) is 10.6. The van der Waals surface area contributed by atoms with Gasteiger partial charge in [-0.25, -0.2) is 14.8 Å². The molecule has 9 heteroatoms. The van der Waals surface area contributed by atoms with E-state index in [1.165, 1.54) is 4.90 Å². The van der Waals surface area contributed by atoms with E-state index in [1.54, 1.807) is 36.8 Å². The van der Waals surface area contributed by atoms with Crippen molar-refractivity contribution in [3.63, 3.8) is 0 Å². The van der Waals surface area contributed by atoms with E-state index in [0.717, 1.165) is 37.7 Å². The Balaban J connectivity index is 1.46. The molecule has 2 N–H and O–H groups in total. The Hall–Kier alpha value is -3.56. The third-order valence-electron chi connectivity index (χ3n) is 5.48. The van der Waals surface area contributed by atoms with Crippen LogP contribution >= 0.6 is 11.3 Å². The summed E-state index contributed by atoms with van der Waals surface area (Å²) >= 11 is 1.58. The summed E-state index contributed by atoms with van der Waals surface area (Å²) in [6.07, 6.45) is 3.41. The van der Waals surface area contributed by atoms with Gasteiger partial charge < -0.3 is 15.2 Å². The highest BCUT2D eigenvalue weighted by Gasteiger charge is 2.21. The van der Waals surface area contributed by atoms with Gasteiger partial charge in [-0.3, -0.25) is 9.88 Å². The number of thiazole rings is 1. The van der Waals surface area contributed by atoms with Crippen molar-refractivity contribution in [3.05, 3.63) is 54.9 Å². The topological polar surface area (TPSA) is 100 Å². The van der Waals surface area contributed by atoms with Crippen molar-refractivity contribution < 1.29 is 14.6 Å². The van der Waals surface area contributed by atoms with E-state index < -0.39 is 11.7 Å². The third-order valence-corrected chi connectivity index (χ3v) is 6.52. The highest BCUT2D eigenvalue weighted by molar-refractivity contribution is 7.21. The number of ether oxygens (including phenoxy) is 1. The van der Waals surface area contributed by atoms with Gasteiger partial charge in [-0.1, -0.05) is 13.0 Å². The van der Waals surface area contributed by atoms with Gasteiger partial charge in [0.25, 0.3) is 0 Å². The fourth-order valence-electron chi connectivity index (χ4n) is 3.39. The van der Waals surface area contributed by atoms with Gasteiger partial charge in [0.15, 0.2) is 0 Å². The van der Waals surface area contributed by atoms with Crippen molar-refractivity contribution in [3.8, 4) is 21.8 Å². The molecule has 0 fully saturated rings. The highest BCUT2D eigenvalue weighted by Crippen LogP contribution is 2.32. The van der Waals surface area contributed by atoms with Crippen molar-refractivity contribution in [1.29, 1.82) is 0 Å². The number of aliphatic hydroxyl groups is 1. The molecule has 0 radical (unpaired) electrons. The average molecular weight is 506 g/mol. The van der Waals surface area contributed by atoms with E-state index in [9.17, 15) is 9.90 Å². The minimum Gasteiger partial charge on any atom is -0.443 e. The molecule has 0 spiro atoms. The Kier molecular flexibility index (Phi) is 7.51. The summed E-state index contributed by atoms with van der Waals surface area (Å²) in [4.78, 5) is 27.4. The zero-order valence-electron chi connectivity index (χ0n) is 21.1. The van der Waals surface area contributed by atoms with Crippen LogP contribution in [-0.2, 0) is 4.74 Å². The zero-order valence-corrected chi connectivity index (χ0v) is 22.0. The minimum atomic E-state index is -0.570. The number of aliphatic hydroxyl groups excluding tert-OH is 1. The van der Waals surface area contributed by atoms with Crippen LogP contribution in [0.4, 0.5) is 16.3 Å². The van der Waals surface area contributed by atoms with Crippen molar-refractivity contribution >= 4 is 39.2 Å². The molecule has 3 heterocycles. The van der Waals surface area contributed by atoms with Crippen LogP contribution in [0.2, 0.25) is 0 Å². The number of carbonyl (C=O) groups excluding carboxylic acids is 1. The fraction of sp³-hybridized carbons (Fsp3) is 0.333. The SMILES string of the molecule is CCC(O)CNc1ccc2nc(-c3ccc(-c4ccc(N(C)C(=O)OC(C)(C)C)nc4)cn3)sc2c1. The number of fused-ring (bicyclic) bond motifs is 1. The molecule has 0 saturated carbocycles. The first-order chi connectivity index (χ1) is 17.1. The van der Waals surface area contributed by atoms with Crippen LogP contribution in [0.1, 0.15) is 34.1 Å². The van der Waals surface area contributed by atoms with Gasteiger partial charge in [-0.2, -0.15) is 0 Å². The number of hydrogen-bond acceptors (Lipinski definition) is 8. The predicted molar refractivity (Wildman–Crippen MR) is 146 cm³/mol. The largest absolute Gasteiger partial charge is 0.443 e. The summed E-state index contributed by atoms with van der Waals surface area (Å²) in [7, 11) is 1.64. The van der Waals surface area contributed by atoms with Gasteiger partial charge in [0.05, 0.1) is 22.0 Å².